The predicted octanol–water partition coefficient (Wildman–Crippen LogP) is 3.79. The van der Waals surface area contributed by atoms with Gasteiger partial charge in [0.15, 0.2) is 6.61 Å². The molecule has 0 radical (unpaired) electrons. The average molecular weight is 398 g/mol. The van der Waals surface area contributed by atoms with Gasteiger partial charge in [-0.15, -0.1) is 0 Å². The number of hydrogen-bond acceptors (Lipinski definition) is 4. The van der Waals surface area contributed by atoms with E-state index in [2.05, 4.69) is 21.2 Å². The number of nitrogens with two attached hydrogens (primary N) is 1. The summed E-state index contributed by atoms with van der Waals surface area (Å²) in [6, 6.07) is 9.78. The van der Waals surface area contributed by atoms with E-state index in [9.17, 15) is 9.59 Å². The van der Waals surface area contributed by atoms with Gasteiger partial charge in [0.2, 0.25) is 0 Å². The Bertz CT molecular complexity index is 765. The summed E-state index contributed by atoms with van der Waals surface area (Å²) in [7, 11) is 0. The summed E-state index contributed by atoms with van der Waals surface area (Å²) < 4.78 is 5.83. The number of benzene rings is 2. The predicted molar refractivity (Wildman–Crippen MR) is 93.7 cm³/mol. The van der Waals surface area contributed by atoms with E-state index in [1.165, 1.54) is 18.2 Å². The first-order valence-electron chi connectivity index (χ1n) is 6.65. The summed E-state index contributed by atoms with van der Waals surface area (Å²) in [6.45, 7) is 1.54. The molecule has 1 amide bonds. The second-order valence-electron chi connectivity index (χ2n) is 4.82. The Kier molecular flexibility index (Phi) is 5.63. The number of hydrogen-bond donors (Lipinski definition) is 2. The highest BCUT2D eigenvalue weighted by Gasteiger charge is 2.12. The first-order valence-corrected chi connectivity index (χ1v) is 7.82. The molecule has 0 saturated carbocycles. The van der Waals surface area contributed by atoms with Crippen molar-refractivity contribution < 1.29 is 14.3 Å². The van der Waals surface area contributed by atoms with Crippen LogP contribution in [-0.4, -0.2) is 18.5 Å². The zero-order chi connectivity index (χ0) is 17.0. The van der Waals surface area contributed by atoms with Crippen LogP contribution in [-0.2, 0) is 9.53 Å². The first-order chi connectivity index (χ1) is 10.9. The molecular formula is C16H14BrClN2O3. The van der Waals surface area contributed by atoms with Crippen molar-refractivity contribution in [3.63, 3.8) is 0 Å². The lowest BCUT2D eigenvalue weighted by Gasteiger charge is -2.08. The summed E-state index contributed by atoms with van der Waals surface area (Å²) in [5, 5.41) is 3.00. The van der Waals surface area contributed by atoms with Crippen LogP contribution in [0.3, 0.4) is 0 Å². The van der Waals surface area contributed by atoms with Crippen LogP contribution in [0.2, 0.25) is 5.02 Å². The lowest BCUT2D eigenvalue weighted by Crippen LogP contribution is -2.21. The summed E-state index contributed by atoms with van der Waals surface area (Å²) >= 11 is 9.16. The molecule has 0 spiro atoms. The molecule has 0 unspecified atom stereocenters. The minimum Gasteiger partial charge on any atom is -0.452 e. The number of halogens is 2. The van der Waals surface area contributed by atoms with Crippen LogP contribution in [0.15, 0.2) is 40.9 Å². The number of anilines is 2. The van der Waals surface area contributed by atoms with Gasteiger partial charge in [-0.05, 0) is 42.8 Å². The highest BCUT2D eigenvalue weighted by molar-refractivity contribution is 9.10. The molecule has 2 rings (SSSR count). The Balaban J connectivity index is 1.91. The number of amides is 1. The zero-order valence-corrected chi connectivity index (χ0v) is 14.6. The average Bonchev–Trinajstić information content (AvgIpc) is 2.51. The van der Waals surface area contributed by atoms with Gasteiger partial charge in [-0.3, -0.25) is 4.79 Å². The molecule has 0 aliphatic heterocycles. The van der Waals surface area contributed by atoms with E-state index in [4.69, 9.17) is 22.1 Å². The molecule has 0 bridgehead atoms. The molecule has 5 nitrogen and oxygen atoms in total. The largest absolute Gasteiger partial charge is 0.452 e. The summed E-state index contributed by atoms with van der Waals surface area (Å²) in [5.74, 6) is -1.08. The highest BCUT2D eigenvalue weighted by Crippen LogP contribution is 2.21. The number of esters is 1. The Morgan fingerprint density at radius 2 is 2.00 bits per heavy atom. The van der Waals surface area contributed by atoms with Crippen LogP contribution in [0.1, 0.15) is 15.9 Å². The van der Waals surface area contributed by atoms with Crippen LogP contribution < -0.4 is 11.1 Å². The number of nitrogen functional groups attached to an aromatic ring is 1. The van der Waals surface area contributed by atoms with E-state index in [1.807, 2.05) is 13.0 Å². The van der Waals surface area contributed by atoms with Crippen molar-refractivity contribution in [2.24, 2.45) is 0 Å². The summed E-state index contributed by atoms with van der Waals surface area (Å²) in [6.07, 6.45) is 0. The van der Waals surface area contributed by atoms with E-state index in [0.29, 0.717) is 10.7 Å². The third-order valence-electron chi connectivity index (χ3n) is 3.02. The SMILES string of the molecule is Cc1ccc(NC(=O)COC(=O)c2ccc(Cl)c(N)c2)cc1Br. The molecule has 0 aliphatic rings. The molecule has 2 aromatic rings. The first kappa shape index (κ1) is 17.3. The Morgan fingerprint density at radius 3 is 2.65 bits per heavy atom. The van der Waals surface area contributed by atoms with Crippen molar-refractivity contribution in [3.05, 3.63) is 57.0 Å². The fourth-order valence-corrected chi connectivity index (χ4v) is 2.25. The standard InChI is InChI=1S/C16H14BrClN2O3/c1-9-2-4-11(7-12(9)17)20-15(21)8-23-16(22)10-3-5-13(18)14(19)6-10/h2-7H,8,19H2,1H3,(H,20,21). The summed E-state index contributed by atoms with van der Waals surface area (Å²) in [4.78, 5) is 23.7. The Labute approximate surface area is 146 Å². The zero-order valence-electron chi connectivity index (χ0n) is 12.2. The van der Waals surface area contributed by atoms with Gasteiger partial charge in [-0.2, -0.15) is 0 Å². The van der Waals surface area contributed by atoms with Crippen LogP contribution in [0, 0.1) is 6.92 Å². The van der Waals surface area contributed by atoms with Gasteiger partial charge in [0.25, 0.3) is 5.91 Å². The van der Waals surface area contributed by atoms with Crippen LogP contribution in [0.4, 0.5) is 11.4 Å². The highest BCUT2D eigenvalue weighted by atomic mass is 79.9. The fourth-order valence-electron chi connectivity index (χ4n) is 1.75. The molecule has 0 aromatic heterocycles. The van der Waals surface area contributed by atoms with E-state index in [1.54, 1.807) is 12.1 Å². The summed E-state index contributed by atoms with van der Waals surface area (Å²) in [5.41, 5.74) is 7.79. The maximum Gasteiger partial charge on any atom is 0.338 e. The minimum atomic E-state index is -0.645. The third kappa shape index (κ3) is 4.71. The number of carbonyl (C=O) groups excluding carboxylic acids is 2. The van der Waals surface area contributed by atoms with Crippen molar-refractivity contribution in [1.82, 2.24) is 0 Å². The topological polar surface area (TPSA) is 81.4 Å². The molecular weight excluding hydrogens is 384 g/mol. The van der Waals surface area contributed by atoms with Crippen molar-refractivity contribution >= 4 is 50.8 Å². The minimum absolute atomic E-state index is 0.234. The smallest absolute Gasteiger partial charge is 0.338 e. The van der Waals surface area contributed by atoms with Crippen LogP contribution >= 0.6 is 27.5 Å². The fraction of sp³-hybridized carbons (Fsp3) is 0.125. The van der Waals surface area contributed by atoms with Gasteiger partial charge >= 0.3 is 5.97 Å². The Morgan fingerprint density at radius 1 is 1.26 bits per heavy atom. The van der Waals surface area contributed by atoms with Crippen molar-refractivity contribution in [3.8, 4) is 0 Å². The van der Waals surface area contributed by atoms with E-state index >= 15 is 0 Å². The van der Waals surface area contributed by atoms with Gasteiger partial charge in [-0.25, -0.2) is 4.79 Å². The molecule has 0 atom stereocenters. The molecule has 23 heavy (non-hydrogen) atoms. The second kappa shape index (κ2) is 7.48. The van der Waals surface area contributed by atoms with E-state index in [-0.39, 0.29) is 11.3 Å². The van der Waals surface area contributed by atoms with Crippen molar-refractivity contribution in [2.45, 2.75) is 6.92 Å². The molecule has 0 heterocycles. The number of nitrogens with one attached hydrogen (secondary N) is 1. The van der Waals surface area contributed by atoms with Crippen LogP contribution in [0.5, 0.6) is 0 Å². The van der Waals surface area contributed by atoms with E-state index in [0.717, 1.165) is 10.0 Å². The second-order valence-corrected chi connectivity index (χ2v) is 6.09. The van der Waals surface area contributed by atoms with E-state index < -0.39 is 18.5 Å². The van der Waals surface area contributed by atoms with Gasteiger partial charge in [-0.1, -0.05) is 33.6 Å². The molecule has 120 valence electrons. The number of aryl methyl sites for hydroxylation is 1. The van der Waals surface area contributed by atoms with Gasteiger partial charge in [0, 0.05) is 10.2 Å². The number of carbonyl (C=O) groups is 2. The lowest BCUT2D eigenvalue weighted by molar-refractivity contribution is -0.119. The maximum atomic E-state index is 11.9. The molecule has 2 aromatic carbocycles. The monoisotopic (exact) mass is 396 g/mol. The molecule has 0 aliphatic carbocycles. The number of ether oxygens (including phenoxy) is 1. The molecule has 3 N–H and O–H groups in total. The van der Waals surface area contributed by atoms with Crippen molar-refractivity contribution in [2.75, 3.05) is 17.7 Å². The Hall–Kier alpha value is -2.05. The van der Waals surface area contributed by atoms with Gasteiger partial charge in [0.05, 0.1) is 16.3 Å². The van der Waals surface area contributed by atoms with Gasteiger partial charge in [0.1, 0.15) is 0 Å². The van der Waals surface area contributed by atoms with Crippen LogP contribution in [0.25, 0.3) is 0 Å². The third-order valence-corrected chi connectivity index (χ3v) is 4.22. The van der Waals surface area contributed by atoms with Crippen molar-refractivity contribution in [1.29, 1.82) is 0 Å². The lowest BCUT2D eigenvalue weighted by atomic mass is 10.2. The molecule has 0 saturated heterocycles. The quantitative estimate of drug-likeness (QED) is 0.607. The normalized spacial score (nSPS) is 10.2. The maximum absolute atomic E-state index is 11.9. The number of rotatable bonds is 4. The molecule has 0 fully saturated rings. The molecule has 7 heteroatoms. The van der Waals surface area contributed by atoms with Gasteiger partial charge < -0.3 is 15.8 Å².